The Kier molecular flexibility index (Phi) is 26.5. The maximum absolute atomic E-state index is 6.35. The van der Waals surface area contributed by atoms with Gasteiger partial charge in [0, 0.05) is 18.9 Å². The van der Waals surface area contributed by atoms with Gasteiger partial charge in [0.25, 0.3) is 0 Å². The lowest BCUT2D eigenvalue weighted by molar-refractivity contribution is -0.0725. The fraction of sp³-hybridized carbons (Fsp3) is 0.871. The van der Waals surface area contributed by atoms with Gasteiger partial charge in [0.1, 0.15) is 0 Å². The fourth-order valence-electron chi connectivity index (χ4n) is 4.23. The van der Waals surface area contributed by atoms with Crippen LogP contribution in [0.15, 0.2) is 24.8 Å². The Balaban J connectivity index is 4.01. The van der Waals surface area contributed by atoms with Crippen molar-refractivity contribution in [2.75, 3.05) is 25.7 Å². The first-order valence-electron chi connectivity index (χ1n) is 15.0. The molecule has 0 aliphatic rings. The summed E-state index contributed by atoms with van der Waals surface area (Å²) in [5, 5.41) is 0. The SMILES string of the molecule is C=C/C=C/COC(CCCCCCCCCCCCCCC)OS(C)(C)OCCCCCCCC. The molecule has 0 aromatic heterocycles. The largest absolute Gasteiger partial charge is 0.346 e. The number of hydrogen-bond donors (Lipinski definition) is 0. The molecule has 0 radical (unpaired) electrons. The van der Waals surface area contributed by atoms with E-state index in [-0.39, 0.29) is 6.29 Å². The van der Waals surface area contributed by atoms with Crippen LogP contribution in [-0.2, 0) is 13.1 Å². The van der Waals surface area contributed by atoms with Crippen LogP contribution in [0.2, 0.25) is 0 Å². The van der Waals surface area contributed by atoms with Crippen molar-refractivity contribution in [2.24, 2.45) is 0 Å². The average molecular weight is 515 g/mol. The summed E-state index contributed by atoms with van der Waals surface area (Å²) in [5.41, 5.74) is 0. The first-order valence-corrected chi connectivity index (χ1v) is 17.3. The highest BCUT2D eigenvalue weighted by Crippen LogP contribution is 2.44. The monoisotopic (exact) mass is 514 g/mol. The van der Waals surface area contributed by atoms with E-state index in [4.69, 9.17) is 13.1 Å². The Morgan fingerprint density at radius 3 is 1.60 bits per heavy atom. The normalized spacial score (nSPS) is 13.5. The molecule has 0 aromatic rings. The molecule has 1 unspecified atom stereocenters. The maximum atomic E-state index is 6.35. The van der Waals surface area contributed by atoms with E-state index in [1.54, 1.807) is 6.08 Å². The van der Waals surface area contributed by atoms with Crippen LogP contribution < -0.4 is 0 Å². The van der Waals surface area contributed by atoms with Crippen LogP contribution in [0.1, 0.15) is 142 Å². The molecule has 3 nitrogen and oxygen atoms in total. The number of hydrogen-bond acceptors (Lipinski definition) is 3. The summed E-state index contributed by atoms with van der Waals surface area (Å²) < 4.78 is 18.6. The third-order valence-electron chi connectivity index (χ3n) is 6.40. The quantitative estimate of drug-likeness (QED) is 0.0590. The summed E-state index contributed by atoms with van der Waals surface area (Å²) >= 11 is 0. The molecule has 0 heterocycles. The van der Waals surface area contributed by atoms with Gasteiger partial charge in [-0.2, -0.15) is 10.6 Å². The minimum absolute atomic E-state index is 0.188. The molecule has 35 heavy (non-hydrogen) atoms. The molecule has 0 fully saturated rings. The highest BCUT2D eigenvalue weighted by atomic mass is 32.3. The zero-order chi connectivity index (χ0) is 25.9. The second kappa shape index (κ2) is 26.8. The van der Waals surface area contributed by atoms with Crippen molar-refractivity contribution in [1.82, 2.24) is 0 Å². The van der Waals surface area contributed by atoms with Crippen molar-refractivity contribution in [2.45, 2.75) is 149 Å². The maximum Gasteiger partial charge on any atom is 0.180 e. The van der Waals surface area contributed by atoms with Gasteiger partial charge >= 0.3 is 0 Å². The molecule has 0 amide bonds. The lowest BCUT2D eigenvalue weighted by Gasteiger charge is -2.38. The van der Waals surface area contributed by atoms with E-state index in [0.29, 0.717) is 6.61 Å². The minimum atomic E-state index is -1.56. The van der Waals surface area contributed by atoms with Gasteiger partial charge in [0.15, 0.2) is 6.29 Å². The number of ether oxygens (including phenoxy) is 1. The molecule has 210 valence electrons. The van der Waals surface area contributed by atoms with Crippen LogP contribution in [0.25, 0.3) is 0 Å². The smallest absolute Gasteiger partial charge is 0.180 e. The number of allylic oxidation sites excluding steroid dienone is 2. The molecule has 0 bridgehead atoms. The van der Waals surface area contributed by atoms with Crippen LogP contribution >= 0.6 is 10.6 Å². The second-order valence-electron chi connectivity index (χ2n) is 10.3. The summed E-state index contributed by atoms with van der Waals surface area (Å²) in [5.74, 6) is 0. The molecule has 1 atom stereocenters. The van der Waals surface area contributed by atoms with Gasteiger partial charge in [0.2, 0.25) is 0 Å². The molecule has 0 rings (SSSR count). The van der Waals surface area contributed by atoms with E-state index in [1.165, 1.54) is 109 Å². The van der Waals surface area contributed by atoms with Crippen LogP contribution in [0.4, 0.5) is 0 Å². The van der Waals surface area contributed by atoms with Gasteiger partial charge in [-0.05, 0) is 12.8 Å². The van der Waals surface area contributed by atoms with Crippen LogP contribution in [0, 0.1) is 0 Å². The Labute approximate surface area is 222 Å². The van der Waals surface area contributed by atoms with Crippen molar-refractivity contribution in [3.8, 4) is 0 Å². The molecule has 0 spiro atoms. The first kappa shape index (κ1) is 34.7. The van der Waals surface area contributed by atoms with Gasteiger partial charge in [-0.25, -0.2) is 0 Å². The lowest BCUT2D eigenvalue weighted by atomic mass is 10.0. The zero-order valence-electron chi connectivity index (χ0n) is 24.2. The van der Waals surface area contributed by atoms with Crippen LogP contribution in [0.3, 0.4) is 0 Å². The van der Waals surface area contributed by atoms with Crippen molar-refractivity contribution >= 4 is 10.6 Å². The van der Waals surface area contributed by atoms with Crippen molar-refractivity contribution in [3.05, 3.63) is 24.8 Å². The molecule has 0 aliphatic carbocycles. The van der Waals surface area contributed by atoms with E-state index in [0.717, 1.165) is 25.9 Å². The minimum Gasteiger partial charge on any atom is -0.346 e. The summed E-state index contributed by atoms with van der Waals surface area (Å²) in [6.45, 7) is 9.62. The third-order valence-corrected chi connectivity index (χ3v) is 7.81. The average Bonchev–Trinajstić information content (AvgIpc) is 2.83. The summed E-state index contributed by atoms with van der Waals surface area (Å²) in [4.78, 5) is 0. The molecule has 4 heteroatoms. The van der Waals surface area contributed by atoms with Gasteiger partial charge in [0.05, 0.1) is 13.2 Å². The molecule has 0 N–H and O–H groups in total. The van der Waals surface area contributed by atoms with Crippen LogP contribution in [0.5, 0.6) is 0 Å². The van der Waals surface area contributed by atoms with Crippen LogP contribution in [-0.4, -0.2) is 32.0 Å². The summed E-state index contributed by atoms with van der Waals surface area (Å²) in [6.07, 6.45) is 36.1. The number of unbranched alkanes of at least 4 members (excludes halogenated alkanes) is 17. The van der Waals surface area contributed by atoms with Crippen molar-refractivity contribution in [1.29, 1.82) is 0 Å². The molecule has 0 saturated heterocycles. The Bertz CT molecular complexity index is 464. The first-order chi connectivity index (χ1) is 17.1. The molecule has 0 aliphatic heterocycles. The Hall–Kier alpha value is -0.290. The summed E-state index contributed by atoms with van der Waals surface area (Å²) in [6, 6.07) is 0. The fourth-order valence-corrected chi connectivity index (χ4v) is 5.47. The van der Waals surface area contributed by atoms with Gasteiger partial charge in [-0.15, -0.1) is 0 Å². The molecule has 0 aromatic carbocycles. The van der Waals surface area contributed by atoms with E-state index < -0.39 is 10.6 Å². The van der Waals surface area contributed by atoms with E-state index in [9.17, 15) is 0 Å². The van der Waals surface area contributed by atoms with E-state index >= 15 is 0 Å². The Morgan fingerprint density at radius 2 is 1.11 bits per heavy atom. The second-order valence-corrected chi connectivity index (χ2v) is 13.0. The van der Waals surface area contributed by atoms with Gasteiger partial charge in [-0.1, -0.05) is 148 Å². The number of rotatable bonds is 28. The van der Waals surface area contributed by atoms with Crippen molar-refractivity contribution in [3.63, 3.8) is 0 Å². The van der Waals surface area contributed by atoms with E-state index in [1.807, 2.05) is 12.2 Å². The lowest BCUT2D eigenvalue weighted by Crippen LogP contribution is -2.21. The highest BCUT2D eigenvalue weighted by Gasteiger charge is 2.18. The third kappa shape index (κ3) is 26.6. The predicted octanol–water partition coefficient (Wildman–Crippen LogP) is 10.8. The zero-order valence-corrected chi connectivity index (χ0v) is 25.0. The molecule has 0 saturated carbocycles. The molecular formula is C31H62O3S. The summed E-state index contributed by atoms with van der Waals surface area (Å²) in [7, 11) is -1.56. The van der Waals surface area contributed by atoms with E-state index in [2.05, 4.69) is 32.9 Å². The predicted molar refractivity (Wildman–Crippen MR) is 159 cm³/mol. The van der Waals surface area contributed by atoms with Gasteiger partial charge in [-0.3, -0.25) is 8.37 Å². The molecular weight excluding hydrogens is 452 g/mol. The standard InChI is InChI=1S/C31H62O3S/c1-6-9-12-14-16-17-18-19-20-21-22-23-25-28-31(32-29-26-11-8-3)34-35(4,5)33-30-27-24-15-13-10-7-2/h8,11,26,31H,3,6-7,9-10,12-25,27-30H2,1-2,4-5H3/b26-11+. The highest BCUT2D eigenvalue weighted by molar-refractivity contribution is 8.24. The topological polar surface area (TPSA) is 27.7 Å². The van der Waals surface area contributed by atoms with Gasteiger partial charge < -0.3 is 4.74 Å². The van der Waals surface area contributed by atoms with Crippen molar-refractivity contribution < 1.29 is 13.1 Å². The Morgan fingerprint density at radius 1 is 0.657 bits per heavy atom.